The van der Waals surface area contributed by atoms with Crippen molar-refractivity contribution >= 4 is 10.9 Å². The van der Waals surface area contributed by atoms with Crippen molar-refractivity contribution in [3.63, 3.8) is 0 Å². The summed E-state index contributed by atoms with van der Waals surface area (Å²) in [7, 11) is 0. The van der Waals surface area contributed by atoms with Crippen LogP contribution in [0.3, 0.4) is 0 Å². The van der Waals surface area contributed by atoms with Gasteiger partial charge in [0.1, 0.15) is 0 Å². The normalized spacial score (nSPS) is 13.0. The van der Waals surface area contributed by atoms with Crippen molar-refractivity contribution < 1.29 is 0 Å². The summed E-state index contributed by atoms with van der Waals surface area (Å²) >= 11 is 0. The van der Waals surface area contributed by atoms with E-state index in [0.29, 0.717) is 0 Å². The summed E-state index contributed by atoms with van der Waals surface area (Å²) in [6.45, 7) is 5.78. The van der Waals surface area contributed by atoms with E-state index < -0.39 is 0 Å². The maximum atomic E-state index is 5.91. The molecule has 0 saturated carbocycles. The summed E-state index contributed by atoms with van der Waals surface area (Å²) < 4.78 is 0. The molecule has 2 aromatic rings. The Morgan fingerprint density at radius 3 is 2.79 bits per heavy atom. The van der Waals surface area contributed by atoms with Gasteiger partial charge in [0, 0.05) is 16.6 Å². The predicted molar refractivity (Wildman–Crippen MR) is 60.2 cm³/mol. The molecule has 0 spiro atoms. The number of aromatic nitrogens is 1. The van der Waals surface area contributed by atoms with Crippen molar-refractivity contribution in [2.75, 3.05) is 0 Å². The van der Waals surface area contributed by atoms with Gasteiger partial charge in [0.05, 0.1) is 6.04 Å². The molecule has 1 aromatic carbocycles. The molecular formula is C12H14N2. The zero-order chi connectivity index (χ0) is 10.1. The first kappa shape index (κ1) is 9.03. The van der Waals surface area contributed by atoms with Crippen LogP contribution < -0.4 is 5.73 Å². The molecule has 0 radical (unpaired) electrons. The van der Waals surface area contributed by atoms with Crippen molar-refractivity contribution in [2.24, 2.45) is 5.73 Å². The quantitative estimate of drug-likeness (QED) is 0.695. The van der Waals surface area contributed by atoms with Gasteiger partial charge in [0.15, 0.2) is 0 Å². The largest absolute Gasteiger partial charge is 0.357 e. The third-order valence-corrected chi connectivity index (χ3v) is 2.59. The second-order valence-corrected chi connectivity index (χ2v) is 3.47. The van der Waals surface area contributed by atoms with E-state index in [-0.39, 0.29) is 6.04 Å². The Balaban J connectivity index is 2.68. The van der Waals surface area contributed by atoms with Crippen LogP contribution in [0.2, 0.25) is 0 Å². The van der Waals surface area contributed by atoms with Gasteiger partial charge < -0.3 is 10.7 Å². The van der Waals surface area contributed by atoms with E-state index in [9.17, 15) is 0 Å². The maximum absolute atomic E-state index is 5.91. The highest BCUT2D eigenvalue weighted by Gasteiger charge is 2.10. The number of H-pyrrole nitrogens is 1. The van der Waals surface area contributed by atoms with Gasteiger partial charge >= 0.3 is 0 Å². The fraction of sp³-hybridized carbons (Fsp3) is 0.167. The van der Waals surface area contributed by atoms with Gasteiger partial charge in [-0.25, -0.2) is 0 Å². The number of nitrogens with two attached hydrogens (primary N) is 1. The molecule has 2 heteroatoms. The van der Waals surface area contributed by atoms with Gasteiger partial charge in [-0.2, -0.15) is 0 Å². The van der Waals surface area contributed by atoms with Gasteiger partial charge in [-0.15, -0.1) is 6.58 Å². The minimum atomic E-state index is -0.109. The molecule has 1 heterocycles. The number of fused-ring (bicyclic) bond motifs is 1. The van der Waals surface area contributed by atoms with E-state index in [4.69, 9.17) is 5.73 Å². The third kappa shape index (κ3) is 1.24. The molecule has 2 rings (SSSR count). The Labute approximate surface area is 83.4 Å². The Hall–Kier alpha value is -1.54. The summed E-state index contributed by atoms with van der Waals surface area (Å²) in [5.74, 6) is 0. The van der Waals surface area contributed by atoms with Gasteiger partial charge in [0.2, 0.25) is 0 Å². The van der Waals surface area contributed by atoms with Crippen molar-refractivity contribution in [1.82, 2.24) is 4.98 Å². The summed E-state index contributed by atoms with van der Waals surface area (Å²) in [5.41, 5.74) is 9.32. The number of hydrogen-bond acceptors (Lipinski definition) is 1. The second kappa shape index (κ2) is 3.31. The van der Waals surface area contributed by atoms with Crippen molar-refractivity contribution in [1.29, 1.82) is 0 Å². The van der Waals surface area contributed by atoms with Crippen LogP contribution in [0, 0.1) is 6.92 Å². The van der Waals surface area contributed by atoms with E-state index in [0.717, 1.165) is 11.2 Å². The molecule has 1 aromatic heterocycles. The minimum Gasteiger partial charge on any atom is -0.357 e. The SMILES string of the molecule is C=C[C@@H](N)c1[nH]c2ccccc2c1C. The summed E-state index contributed by atoms with van der Waals surface area (Å²) in [5, 5.41) is 1.24. The second-order valence-electron chi connectivity index (χ2n) is 3.47. The van der Waals surface area contributed by atoms with Crippen LogP contribution in [0.4, 0.5) is 0 Å². The van der Waals surface area contributed by atoms with Crippen molar-refractivity contribution in [3.05, 3.63) is 48.2 Å². The highest BCUT2D eigenvalue weighted by atomic mass is 14.8. The summed E-state index contributed by atoms with van der Waals surface area (Å²) in [4.78, 5) is 3.32. The Bertz CT molecular complexity index is 468. The third-order valence-electron chi connectivity index (χ3n) is 2.59. The molecule has 0 aliphatic rings. The maximum Gasteiger partial charge on any atom is 0.0634 e. The van der Waals surface area contributed by atoms with E-state index in [1.165, 1.54) is 10.9 Å². The zero-order valence-corrected chi connectivity index (χ0v) is 8.25. The molecule has 0 amide bonds. The van der Waals surface area contributed by atoms with Crippen LogP contribution in [0.25, 0.3) is 10.9 Å². The van der Waals surface area contributed by atoms with Crippen LogP contribution >= 0.6 is 0 Å². The monoisotopic (exact) mass is 186 g/mol. The number of rotatable bonds is 2. The van der Waals surface area contributed by atoms with Gasteiger partial charge in [-0.05, 0) is 18.6 Å². The standard InChI is InChI=1S/C12H14N2/c1-3-10(13)12-8(2)9-6-4-5-7-11(9)14-12/h3-7,10,14H,1,13H2,2H3/t10-/m1/s1. The van der Waals surface area contributed by atoms with Crippen molar-refractivity contribution in [3.8, 4) is 0 Å². The highest BCUT2D eigenvalue weighted by molar-refractivity contribution is 5.84. The Morgan fingerprint density at radius 2 is 2.14 bits per heavy atom. The molecule has 2 nitrogen and oxygen atoms in total. The molecule has 0 unspecified atom stereocenters. The van der Waals surface area contributed by atoms with Crippen LogP contribution in [-0.4, -0.2) is 4.98 Å². The smallest absolute Gasteiger partial charge is 0.0634 e. The lowest BCUT2D eigenvalue weighted by atomic mass is 10.1. The molecule has 3 N–H and O–H groups in total. The summed E-state index contributed by atoms with van der Waals surface area (Å²) in [6.07, 6.45) is 1.75. The molecule has 0 bridgehead atoms. The lowest BCUT2D eigenvalue weighted by Gasteiger charge is -2.04. The summed E-state index contributed by atoms with van der Waals surface area (Å²) in [6, 6.07) is 8.10. The van der Waals surface area contributed by atoms with E-state index in [2.05, 4.69) is 30.6 Å². The van der Waals surface area contributed by atoms with Crippen LogP contribution in [0.5, 0.6) is 0 Å². The first-order valence-corrected chi connectivity index (χ1v) is 4.69. The number of hydrogen-bond donors (Lipinski definition) is 2. The van der Waals surface area contributed by atoms with Crippen LogP contribution in [0.15, 0.2) is 36.9 Å². The molecule has 0 aliphatic carbocycles. The number of benzene rings is 1. The van der Waals surface area contributed by atoms with Crippen molar-refractivity contribution in [2.45, 2.75) is 13.0 Å². The van der Waals surface area contributed by atoms with E-state index in [1.807, 2.05) is 12.1 Å². The van der Waals surface area contributed by atoms with Gasteiger partial charge in [0.25, 0.3) is 0 Å². The van der Waals surface area contributed by atoms with Crippen LogP contribution in [0.1, 0.15) is 17.3 Å². The first-order chi connectivity index (χ1) is 6.74. The Kier molecular flexibility index (Phi) is 2.14. The topological polar surface area (TPSA) is 41.8 Å². The average Bonchev–Trinajstić information content (AvgIpc) is 2.56. The van der Waals surface area contributed by atoms with Crippen LogP contribution in [-0.2, 0) is 0 Å². The minimum absolute atomic E-state index is 0.109. The number of aromatic amines is 1. The lowest BCUT2D eigenvalue weighted by molar-refractivity contribution is 0.870. The fourth-order valence-electron chi connectivity index (χ4n) is 1.75. The number of aryl methyl sites for hydroxylation is 1. The lowest BCUT2D eigenvalue weighted by Crippen LogP contribution is -2.07. The Morgan fingerprint density at radius 1 is 1.43 bits per heavy atom. The molecule has 0 saturated heterocycles. The number of nitrogens with one attached hydrogen (secondary N) is 1. The molecule has 0 fully saturated rings. The molecule has 0 aliphatic heterocycles. The highest BCUT2D eigenvalue weighted by Crippen LogP contribution is 2.24. The molecule has 1 atom stereocenters. The number of para-hydroxylation sites is 1. The zero-order valence-electron chi connectivity index (χ0n) is 8.25. The van der Waals surface area contributed by atoms with Gasteiger partial charge in [-0.3, -0.25) is 0 Å². The molecular weight excluding hydrogens is 172 g/mol. The fourth-order valence-corrected chi connectivity index (χ4v) is 1.75. The van der Waals surface area contributed by atoms with E-state index >= 15 is 0 Å². The van der Waals surface area contributed by atoms with E-state index in [1.54, 1.807) is 6.08 Å². The first-order valence-electron chi connectivity index (χ1n) is 4.69. The average molecular weight is 186 g/mol. The molecule has 14 heavy (non-hydrogen) atoms. The van der Waals surface area contributed by atoms with Gasteiger partial charge in [-0.1, -0.05) is 24.3 Å². The molecule has 72 valence electrons. The predicted octanol–water partition coefficient (Wildman–Crippen LogP) is 2.66.